The summed E-state index contributed by atoms with van der Waals surface area (Å²) in [5, 5.41) is 1.18. The van der Waals surface area contributed by atoms with Crippen LogP contribution in [-0.2, 0) is 4.74 Å². The fourth-order valence-corrected chi connectivity index (χ4v) is 3.47. The summed E-state index contributed by atoms with van der Waals surface area (Å²) >= 11 is 0. The number of benzene rings is 1. The van der Waals surface area contributed by atoms with Crippen LogP contribution >= 0.6 is 0 Å². The number of ether oxygens (including phenoxy) is 1. The monoisotopic (exact) mass is 312 g/mol. The molecule has 5 heteroatoms. The van der Waals surface area contributed by atoms with Gasteiger partial charge < -0.3 is 9.64 Å². The Morgan fingerprint density at radius 2 is 1.91 bits per heavy atom. The number of anilines is 1. The molecule has 0 saturated carbocycles. The summed E-state index contributed by atoms with van der Waals surface area (Å²) in [6, 6.07) is 7.19. The molecule has 2 fully saturated rings. The molecule has 0 amide bonds. The van der Waals surface area contributed by atoms with Crippen LogP contribution in [0.2, 0.25) is 0 Å². The van der Waals surface area contributed by atoms with Crippen molar-refractivity contribution < 1.29 is 4.74 Å². The van der Waals surface area contributed by atoms with Crippen LogP contribution in [-0.4, -0.2) is 60.3 Å². The highest BCUT2D eigenvalue weighted by Crippen LogP contribution is 2.30. The summed E-state index contributed by atoms with van der Waals surface area (Å²) < 4.78 is 5.45. The average molecular weight is 312 g/mol. The number of nitrogens with zero attached hydrogens (tertiary/aromatic N) is 4. The molecule has 0 N–H and O–H groups in total. The van der Waals surface area contributed by atoms with Gasteiger partial charge in [0.15, 0.2) is 0 Å². The van der Waals surface area contributed by atoms with Crippen molar-refractivity contribution in [2.75, 3.05) is 44.3 Å². The Hall–Kier alpha value is -1.72. The Balaban J connectivity index is 1.56. The second kappa shape index (κ2) is 6.06. The molecule has 2 aliphatic heterocycles. The van der Waals surface area contributed by atoms with Crippen LogP contribution in [0.25, 0.3) is 10.9 Å². The van der Waals surface area contributed by atoms with Crippen LogP contribution < -0.4 is 4.90 Å². The SMILES string of the molecule is CC(C)c1ccc2ncnc(N3CC(N4CCOCC4)C3)c2c1. The molecule has 3 heterocycles. The van der Waals surface area contributed by atoms with Crippen molar-refractivity contribution in [2.24, 2.45) is 0 Å². The van der Waals surface area contributed by atoms with Crippen molar-refractivity contribution in [3.63, 3.8) is 0 Å². The maximum atomic E-state index is 5.45. The fraction of sp³-hybridized carbons (Fsp3) is 0.556. The van der Waals surface area contributed by atoms with E-state index in [1.54, 1.807) is 6.33 Å². The summed E-state index contributed by atoms with van der Waals surface area (Å²) in [4.78, 5) is 13.9. The van der Waals surface area contributed by atoms with E-state index in [1.807, 2.05) is 0 Å². The van der Waals surface area contributed by atoms with Gasteiger partial charge in [-0.25, -0.2) is 9.97 Å². The Morgan fingerprint density at radius 3 is 2.65 bits per heavy atom. The molecule has 2 aliphatic rings. The number of morpholine rings is 1. The highest BCUT2D eigenvalue weighted by Gasteiger charge is 2.34. The number of hydrogen-bond donors (Lipinski definition) is 0. The lowest BCUT2D eigenvalue weighted by molar-refractivity contribution is 0.0105. The predicted octanol–water partition coefficient (Wildman–Crippen LogP) is 2.27. The molecule has 0 bridgehead atoms. The molecule has 23 heavy (non-hydrogen) atoms. The van der Waals surface area contributed by atoms with Crippen molar-refractivity contribution in [3.05, 3.63) is 30.1 Å². The van der Waals surface area contributed by atoms with Crippen molar-refractivity contribution in [1.82, 2.24) is 14.9 Å². The van der Waals surface area contributed by atoms with Gasteiger partial charge in [-0.3, -0.25) is 4.90 Å². The molecule has 1 aromatic heterocycles. The van der Waals surface area contributed by atoms with E-state index in [4.69, 9.17) is 4.74 Å². The molecule has 4 rings (SSSR count). The summed E-state index contributed by atoms with van der Waals surface area (Å²) in [6.07, 6.45) is 1.69. The zero-order chi connectivity index (χ0) is 15.8. The maximum Gasteiger partial charge on any atom is 0.139 e. The Bertz CT molecular complexity index is 690. The first kappa shape index (κ1) is 14.8. The van der Waals surface area contributed by atoms with E-state index in [0.717, 1.165) is 50.7 Å². The molecular weight excluding hydrogens is 288 g/mol. The second-order valence-electron chi connectivity index (χ2n) is 6.84. The fourth-order valence-electron chi connectivity index (χ4n) is 3.47. The Kier molecular flexibility index (Phi) is 3.91. The summed E-state index contributed by atoms with van der Waals surface area (Å²) in [6.45, 7) is 10.4. The normalized spacial score (nSPS) is 20.2. The van der Waals surface area contributed by atoms with E-state index in [2.05, 4.69) is 51.8 Å². The lowest BCUT2D eigenvalue weighted by Gasteiger charge is -2.47. The third kappa shape index (κ3) is 2.79. The molecule has 2 aromatic rings. The minimum absolute atomic E-state index is 0.518. The molecule has 0 aliphatic carbocycles. The first-order chi connectivity index (χ1) is 11.2. The summed E-state index contributed by atoms with van der Waals surface area (Å²) in [7, 11) is 0. The van der Waals surface area contributed by atoms with Crippen LogP contribution in [0, 0.1) is 0 Å². The minimum atomic E-state index is 0.518. The van der Waals surface area contributed by atoms with Gasteiger partial charge in [-0.1, -0.05) is 19.9 Å². The van der Waals surface area contributed by atoms with Gasteiger partial charge in [0.2, 0.25) is 0 Å². The smallest absolute Gasteiger partial charge is 0.139 e. The quantitative estimate of drug-likeness (QED) is 0.870. The van der Waals surface area contributed by atoms with E-state index >= 15 is 0 Å². The molecule has 0 unspecified atom stereocenters. The minimum Gasteiger partial charge on any atom is -0.379 e. The van der Waals surface area contributed by atoms with E-state index in [-0.39, 0.29) is 0 Å². The van der Waals surface area contributed by atoms with Gasteiger partial charge >= 0.3 is 0 Å². The summed E-state index contributed by atoms with van der Waals surface area (Å²) in [5.41, 5.74) is 2.38. The van der Waals surface area contributed by atoms with Crippen molar-refractivity contribution in [1.29, 1.82) is 0 Å². The van der Waals surface area contributed by atoms with Crippen molar-refractivity contribution >= 4 is 16.7 Å². The molecule has 0 atom stereocenters. The van der Waals surface area contributed by atoms with Gasteiger partial charge in [0.05, 0.1) is 18.7 Å². The maximum absolute atomic E-state index is 5.45. The number of fused-ring (bicyclic) bond motifs is 1. The van der Waals surface area contributed by atoms with Crippen molar-refractivity contribution in [2.45, 2.75) is 25.8 Å². The highest BCUT2D eigenvalue weighted by molar-refractivity contribution is 5.90. The standard InChI is InChI=1S/C18H24N4O/c1-13(2)14-3-4-17-16(9-14)18(20-12-19-17)22-10-15(11-22)21-5-7-23-8-6-21/h3-4,9,12-13,15H,5-8,10-11H2,1-2H3. The van der Waals surface area contributed by atoms with Gasteiger partial charge in [-0.15, -0.1) is 0 Å². The van der Waals surface area contributed by atoms with Gasteiger partial charge in [0, 0.05) is 37.6 Å². The summed E-state index contributed by atoms with van der Waals surface area (Å²) in [5.74, 6) is 1.60. The molecule has 0 radical (unpaired) electrons. The van der Waals surface area contributed by atoms with Crippen molar-refractivity contribution in [3.8, 4) is 0 Å². The van der Waals surface area contributed by atoms with Crippen LogP contribution in [0.5, 0.6) is 0 Å². The van der Waals surface area contributed by atoms with E-state index in [0.29, 0.717) is 12.0 Å². The predicted molar refractivity (Wildman–Crippen MR) is 92.0 cm³/mol. The average Bonchev–Trinajstić information content (AvgIpc) is 2.54. The Labute approximate surface area is 137 Å². The van der Waals surface area contributed by atoms with Gasteiger partial charge in [0.1, 0.15) is 12.1 Å². The van der Waals surface area contributed by atoms with Crippen LogP contribution in [0.3, 0.4) is 0 Å². The van der Waals surface area contributed by atoms with Crippen LogP contribution in [0.1, 0.15) is 25.3 Å². The highest BCUT2D eigenvalue weighted by atomic mass is 16.5. The van der Waals surface area contributed by atoms with Crippen LogP contribution in [0.4, 0.5) is 5.82 Å². The first-order valence-electron chi connectivity index (χ1n) is 8.54. The van der Waals surface area contributed by atoms with Gasteiger partial charge in [0.25, 0.3) is 0 Å². The van der Waals surface area contributed by atoms with Gasteiger partial charge in [-0.05, 0) is 23.6 Å². The zero-order valence-corrected chi connectivity index (χ0v) is 13.9. The van der Waals surface area contributed by atoms with E-state index in [9.17, 15) is 0 Å². The molecule has 5 nitrogen and oxygen atoms in total. The van der Waals surface area contributed by atoms with Crippen LogP contribution in [0.15, 0.2) is 24.5 Å². The lowest BCUT2D eigenvalue weighted by Crippen LogP contribution is -2.61. The third-order valence-corrected chi connectivity index (χ3v) is 5.03. The molecule has 2 saturated heterocycles. The van der Waals surface area contributed by atoms with E-state index in [1.165, 1.54) is 10.9 Å². The molecule has 1 aromatic carbocycles. The molecular formula is C18H24N4O. The first-order valence-corrected chi connectivity index (χ1v) is 8.54. The number of aromatic nitrogens is 2. The Morgan fingerprint density at radius 1 is 1.13 bits per heavy atom. The second-order valence-corrected chi connectivity index (χ2v) is 6.84. The van der Waals surface area contributed by atoms with E-state index < -0.39 is 0 Å². The van der Waals surface area contributed by atoms with Gasteiger partial charge in [-0.2, -0.15) is 0 Å². The number of rotatable bonds is 3. The molecule has 0 spiro atoms. The lowest BCUT2D eigenvalue weighted by atomic mass is 10.00. The third-order valence-electron chi connectivity index (χ3n) is 5.03. The molecule has 122 valence electrons. The number of hydrogen-bond acceptors (Lipinski definition) is 5. The zero-order valence-electron chi connectivity index (χ0n) is 13.9. The topological polar surface area (TPSA) is 41.5 Å². The largest absolute Gasteiger partial charge is 0.379 e.